The fourth-order valence-electron chi connectivity index (χ4n) is 3.01. The second kappa shape index (κ2) is 27.6. The van der Waals surface area contributed by atoms with Gasteiger partial charge in [-0.25, -0.2) is 4.79 Å². The van der Waals surface area contributed by atoms with Crippen LogP contribution in [0.25, 0.3) is 0 Å². The first-order valence-corrected chi connectivity index (χ1v) is 12.3. The molecule has 0 saturated carbocycles. The molecule has 0 bridgehead atoms. The molecule has 0 heterocycles. The number of aliphatic hydroxyl groups excluding tert-OH is 1. The molecule has 0 atom stereocenters. The van der Waals surface area contributed by atoms with Crippen molar-refractivity contribution in [3.63, 3.8) is 0 Å². The molecule has 0 spiro atoms. The highest BCUT2D eigenvalue weighted by Gasteiger charge is 1.98. The monoisotopic (exact) mass is 427 g/mol. The maximum Gasteiger partial charge on any atom is 0.331 e. The van der Waals surface area contributed by atoms with Gasteiger partial charge in [-0.1, -0.05) is 110 Å². The number of hydrogen-bond donors (Lipinski definition) is 2. The minimum absolute atomic E-state index is 0.0575. The zero-order chi connectivity index (χ0) is 22.7. The standard InChI is InChI=1S/C13H25NO.C12H24O3/c1-3-5-6-7-8-9-10-11-12-14-13(15)4-2;1-2-3-4-5-6-7-8-9-10-15-12(14)11-13/h4H,2-3,5-12H2,1H3,(H,14,15);13H,2-11H2,1H3. The first-order valence-electron chi connectivity index (χ1n) is 12.3. The lowest BCUT2D eigenvalue weighted by molar-refractivity contribution is -0.147. The number of carbonyl (C=O) groups is 2. The van der Waals surface area contributed by atoms with Crippen LogP contribution in [0.1, 0.15) is 117 Å². The van der Waals surface area contributed by atoms with Crippen molar-refractivity contribution in [3.05, 3.63) is 12.7 Å². The molecular formula is C25H49NO4. The van der Waals surface area contributed by atoms with Gasteiger partial charge in [0, 0.05) is 6.54 Å². The van der Waals surface area contributed by atoms with Crippen molar-refractivity contribution in [2.75, 3.05) is 19.8 Å². The van der Waals surface area contributed by atoms with Crippen molar-refractivity contribution in [1.82, 2.24) is 5.32 Å². The molecule has 0 aromatic rings. The van der Waals surface area contributed by atoms with Crippen LogP contribution in [-0.4, -0.2) is 36.7 Å². The Balaban J connectivity index is 0. The molecule has 0 rings (SSSR count). The molecule has 178 valence electrons. The molecule has 0 aliphatic carbocycles. The topological polar surface area (TPSA) is 75.6 Å². The molecule has 0 radical (unpaired) electrons. The van der Waals surface area contributed by atoms with Crippen LogP contribution in [0.15, 0.2) is 12.7 Å². The van der Waals surface area contributed by atoms with Crippen LogP contribution in [0.3, 0.4) is 0 Å². The summed E-state index contributed by atoms with van der Waals surface area (Å²) in [6.07, 6.45) is 21.6. The molecule has 0 saturated heterocycles. The van der Waals surface area contributed by atoms with E-state index in [0.717, 1.165) is 25.8 Å². The number of carbonyl (C=O) groups excluding carboxylic acids is 2. The molecule has 0 aliphatic rings. The summed E-state index contributed by atoms with van der Waals surface area (Å²) >= 11 is 0. The van der Waals surface area contributed by atoms with Crippen LogP contribution < -0.4 is 5.32 Å². The fourth-order valence-corrected chi connectivity index (χ4v) is 3.01. The number of unbranched alkanes of at least 4 members (excludes halogenated alkanes) is 14. The Labute approximate surface area is 186 Å². The molecule has 0 aromatic heterocycles. The highest BCUT2D eigenvalue weighted by molar-refractivity contribution is 5.86. The first kappa shape index (κ1) is 30.8. The van der Waals surface area contributed by atoms with E-state index in [4.69, 9.17) is 9.84 Å². The normalized spacial score (nSPS) is 10.1. The van der Waals surface area contributed by atoms with Crippen LogP contribution in [0.2, 0.25) is 0 Å². The molecule has 5 nitrogen and oxygen atoms in total. The zero-order valence-corrected chi connectivity index (χ0v) is 19.9. The molecule has 2 N–H and O–H groups in total. The van der Waals surface area contributed by atoms with Crippen LogP contribution in [0.5, 0.6) is 0 Å². The van der Waals surface area contributed by atoms with Crippen LogP contribution in [0.4, 0.5) is 0 Å². The highest BCUT2D eigenvalue weighted by Crippen LogP contribution is 2.08. The van der Waals surface area contributed by atoms with E-state index in [-0.39, 0.29) is 5.91 Å². The first-order chi connectivity index (χ1) is 14.6. The zero-order valence-electron chi connectivity index (χ0n) is 19.9. The van der Waals surface area contributed by atoms with Gasteiger partial charge in [0.25, 0.3) is 0 Å². The van der Waals surface area contributed by atoms with Gasteiger partial charge in [-0.2, -0.15) is 0 Å². The summed E-state index contributed by atoms with van der Waals surface area (Å²) in [5.41, 5.74) is 0. The van der Waals surface area contributed by atoms with Crippen molar-refractivity contribution in [2.45, 2.75) is 117 Å². The van der Waals surface area contributed by atoms with Crippen LogP contribution in [0, 0.1) is 0 Å². The Bertz CT molecular complexity index is 385. The summed E-state index contributed by atoms with van der Waals surface area (Å²) < 4.78 is 4.75. The lowest BCUT2D eigenvalue weighted by Gasteiger charge is -2.03. The van der Waals surface area contributed by atoms with Crippen LogP contribution >= 0.6 is 0 Å². The Kier molecular flexibility index (Phi) is 28.4. The Morgan fingerprint density at radius 2 is 1.20 bits per heavy atom. The predicted molar refractivity (Wildman–Crippen MR) is 126 cm³/mol. The van der Waals surface area contributed by atoms with Gasteiger partial charge in [-0.05, 0) is 18.9 Å². The molecule has 0 unspecified atom stereocenters. The van der Waals surface area contributed by atoms with E-state index < -0.39 is 12.6 Å². The number of ether oxygens (including phenoxy) is 1. The van der Waals surface area contributed by atoms with Gasteiger partial charge in [0.2, 0.25) is 5.91 Å². The quantitative estimate of drug-likeness (QED) is 0.140. The SMILES string of the molecule is C=CC(=O)NCCCCCCCCCC.CCCCCCCCCCOC(=O)CO. The van der Waals surface area contributed by atoms with Crippen molar-refractivity contribution in [2.24, 2.45) is 0 Å². The van der Waals surface area contributed by atoms with Crippen molar-refractivity contribution in [3.8, 4) is 0 Å². The lowest BCUT2D eigenvalue weighted by Crippen LogP contribution is -2.21. The average molecular weight is 428 g/mol. The molecule has 30 heavy (non-hydrogen) atoms. The molecule has 1 amide bonds. The van der Waals surface area contributed by atoms with Gasteiger partial charge >= 0.3 is 5.97 Å². The second-order valence-corrected chi connectivity index (χ2v) is 7.82. The third-order valence-corrected chi connectivity index (χ3v) is 4.90. The minimum Gasteiger partial charge on any atom is -0.464 e. The largest absolute Gasteiger partial charge is 0.464 e. The smallest absolute Gasteiger partial charge is 0.331 e. The number of esters is 1. The second-order valence-electron chi connectivity index (χ2n) is 7.82. The maximum atomic E-state index is 10.8. The lowest BCUT2D eigenvalue weighted by atomic mass is 10.1. The number of rotatable bonds is 20. The Morgan fingerprint density at radius 3 is 1.63 bits per heavy atom. The number of aliphatic hydroxyl groups is 1. The van der Waals surface area contributed by atoms with E-state index in [2.05, 4.69) is 25.7 Å². The van der Waals surface area contributed by atoms with Gasteiger partial charge in [-0.15, -0.1) is 0 Å². The molecule has 0 fully saturated rings. The van der Waals surface area contributed by atoms with E-state index in [1.807, 2.05) is 0 Å². The predicted octanol–water partition coefficient (Wildman–Crippen LogP) is 6.09. The summed E-state index contributed by atoms with van der Waals surface area (Å²) in [7, 11) is 0. The van der Waals surface area contributed by atoms with E-state index in [9.17, 15) is 9.59 Å². The van der Waals surface area contributed by atoms with Crippen molar-refractivity contribution < 1.29 is 19.4 Å². The molecule has 0 aromatic carbocycles. The van der Waals surface area contributed by atoms with Gasteiger partial charge in [0.05, 0.1) is 6.61 Å². The maximum absolute atomic E-state index is 10.8. The van der Waals surface area contributed by atoms with E-state index in [1.54, 1.807) is 0 Å². The molecule has 0 aliphatic heterocycles. The van der Waals surface area contributed by atoms with E-state index in [1.165, 1.54) is 89.5 Å². The summed E-state index contributed by atoms with van der Waals surface area (Å²) in [5, 5.41) is 11.2. The fraction of sp³-hybridized carbons (Fsp3) is 0.840. The van der Waals surface area contributed by atoms with Gasteiger partial charge in [0.15, 0.2) is 0 Å². The summed E-state index contributed by atoms with van der Waals surface area (Å²) in [4.78, 5) is 21.3. The number of hydrogen-bond acceptors (Lipinski definition) is 4. The number of amides is 1. The minimum atomic E-state index is -0.516. The molecular weight excluding hydrogens is 378 g/mol. The summed E-state index contributed by atoms with van der Waals surface area (Å²) in [6.45, 7) is 8.60. The number of nitrogens with one attached hydrogen (secondary N) is 1. The average Bonchev–Trinajstić information content (AvgIpc) is 2.76. The van der Waals surface area contributed by atoms with Gasteiger partial charge in [-0.3, -0.25) is 4.79 Å². The van der Waals surface area contributed by atoms with E-state index >= 15 is 0 Å². The van der Waals surface area contributed by atoms with Crippen molar-refractivity contribution in [1.29, 1.82) is 0 Å². The Morgan fingerprint density at radius 1 is 0.767 bits per heavy atom. The third-order valence-electron chi connectivity index (χ3n) is 4.90. The van der Waals surface area contributed by atoms with Crippen LogP contribution in [-0.2, 0) is 14.3 Å². The summed E-state index contributed by atoms with van der Waals surface area (Å²) in [5.74, 6) is -0.573. The Hall–Kier alpha value is -1.36. The van der Waals surface area contributed by atoms with Crippen molar-refractivity contribution >= 4 is 11.9 Å². The highest BCUT2D eigenvalue weighted by atomic mass is 16.5. The third kappa shape index (κ3) is 28.8. The summed E-state index contributed by atoms with van der Waals surface area (Å²) in [6, 6.07) is 0. The van der Waals surface area contributed by atoms with Gasteiger partial charge in [0.1, 0.15) is 6.61 Å². The van der Waals surface area contributed by atoms with Gasteiger partial charge < -0.3 is 15.2 Å². The van der Waals surface area contributed by atoms with E-state index in [0.29, 0.717) is 6.61 Å². The molecule has 5 heteroatoms.